The number of nitrogens with zero attached hydrogens (tertiary/aromatic N) is 2. The number of para-hydroxylation sites is 1. The molecule has 1 unspecified atom stereocenters. The van der Waals surface area contributed by atoms with Gasteiger partial charge in [0.15, 0.2) is 0 Å². The van der Waals surface area contributed by atoms with Crippen molar-refractivity contribution in [1.82, 2.24) is 25.4 Å². The van der Waals surface area contributed by atoms with E-state index in [1.165, 1.54) is 4.90 Å². The van der Waals surface area contributed by atoms with Gasteiger partial charge in [0.25, 0.3) is 0 Å². The number of nitrogens with one attached hydrogen (secondary N) is 3. The number of carboxylic acids is 1. The molecule has 3 atom stereocenters. The zero-order chi connectivity index (χ0) is 29.2. The molecule has 220 valence electrons. The van der Waals surface area contributed by atoms with Crippen LogP contribution in [0.4, 0.5) is 4.79 Å². The summed E-state index contributed by atoms with van der Waals surface area (Å²) in [6.07, 6.45) is 6.09. The van der Waals surface area contributed by atoms with Crippen LogP contribution in [0.1, 0.15) is 71.8 Å². The lowest BCUT2D eigenvalue weighted by atomic mass is 10.0. The van der Waals surface area contributed by atoms with Gasteiger partial charge in [-0.3, -0.25) is 9.59 Å². The number of urea groups is 1. The van der Waals surface area contributed by atoms with Gasteiger partial charge >= 0.3 is 12.0 Å². The molecule has 0 saturated carbocycles. The highest BCUT2D eigenvalue weighted by atomic mass is 16.4. The van der Waals surface area contributed by atoms with Gasteiger partial charge in [0, 0.05) is 49.2 Å². The van der Waals surface area contributed by atoms with Crippen molar-refractivity contribution in [2.45, 2.75) is 90.8 Å². The predicted octanol–water partition coefficient (Wildman–Crippen LogP) is 3.91. The number of unbranched alkanes of at least 4 members (excludes halogenated alkanes) is 2. The van der Waals surface area contributed by atoms with Crippen molar-refractivity contribution >= 4 is 34.7 Å². The lowest BCUT2D eigenvalue weighted by Crippen LogP contribution is -2.55. The SMILES string of the molecule is CCCCN(CCCC)C(=O)NC(CC(C)C)C(=O)N1C[C@H](NC(=O)Cc2c[nH]c3ccccc23)C[C@H]1C(=O)O. The quantitative estimate of drug-likeness (QED) is 0.280. The van der Waals surface area contributed by atoms with E-state index in [0.29, 0.717) is 19.5 Å². The summed E-state index contributed by atoms with van der Waals surface area (Å²) in [7, 11) is 0. The maximum Gasteiger partial charge on any atom is 0.326 e. The number of benzene rings is 1. The van der Waals surface area contributed by atoms with Gasteiger partial charge < -0.3 is 30.5 Å². The molecule has 2 aromatic rings. The molecule has 2 heterocycles. The molecular formula is C30H45N5O5. The second-order valence-corrected chi connectivity index (χ2v) is 11.2. The fraction of sp³-hybridized carbons (Fsp3) is 0.600. The van der Waals surface area contributed by atoms with Crippen LogP contribution in [-0.4, -0.2) is 81.5 Å². The first-order valence-electron chi connectivity index (χ1n) is 14.6. The highest BCUT2D eigenvalue weighted by molar-refractivity contribution is 5.91. The van der Waals surface area contributed by atoms with E-state index in [0.717, 1.165) is 42.1 Å². The average molecular weight is 556 g/mol. The summed E-state index contributed by atoms with van der Waals surface area (Å²) in [6, 6.07) is 5.00. The van der Waals surface area contributed by atoms with Crippen LogP contribution in [0.15, 0.2) is 30.5 Å². The molecule has 10 nitrogen and oxygen atoms in total. The number of aliphatic carboxylic acids is 1. The molecule has 0 spiro atoms. The second kappa shape index (κ2) is 14.7. The van der Waals surface area contributed by atoms with Crippen LogP contribution >= 0.6 is 0 Å². The third-order valence-electron chi connectivity index (χ3n) is 7.41. The maximum atomic E-state index is 13.7. The van der Waals surface area contributed by atoms with Gasteiger partial charge in [-0.15, -0.1) is 0 Å². The normalized spacial score (nSPS) is 17.7. The number of carbonyl (C=O) groups excluding carboxylic acids is 3. The molecule has 4 N–H and O–H groups in total. The molecule has 1 saturated heterocycles. The minimum atomic E-state index is -1.12. The Balaban J connectivity index is 1.69. The van der Waals surface area contributed by atoms with Gasteiger partial charge in [0.05, 0.1) is 6.42 Å². The van der Waals surface area contributed by atoms with E-state index in [9.17, 15) is 24.3 Å². The van der Waals surface area contributed by atoms with E-state index in [-0.39, 0.29) is 37.2 Å². The first-order valence-corrected chi connectivity index (χ1v) is 14.6. The average Bonchev–Trinajstić information content (AvgIpc) is 3.52. The number of rotatable bonds is 14. The molecule has 1 aromatic heterocycles. The minimum Gasteiger partial charge on any atom is -0.480 e. The van der Waals surface area contributed by atoms with Crippen molar-refractivity contribution in [1.29, 1.82) is 0 Å². The predicted molar refractivity (Wildman–Crippen MR) is 155 cm³/mol. The Bertz CT molecular complexity index is 1150. The lowest BCUT2D eigenvalue weighted by molar-refractivity contribution is -0.149. The molecule has 4 amide bonds. The molecule has 10 heteroatoms. The Morgan fingerprint density at radius 1 is 1.10 bits per heavy atom. The number of likely N-dealkylation sites (tertiary alicyclic amines) is 1. The minimum absolute atomic E-state index is 0.0786. The zero-order valence-electron chi connectivity index (χ0n) is 24.2. The molecule has 1 aliphatic rings. The van der Waals surface area contributed by atoms with Gasteiger partial charge in [0.2, 0.25) is 11.8 Å². The number of carbonyl (C=O) groups is 4. The zero-order valence-corrected chi connectivity index (χ0v) is 24.2. The van der Waals surface area contributed by atoms with E-state index < -0.39 is 30.0 Å². The smallest absolute Gasteiger partial charge is 0.326 e. The van der Waals surface area contributed by atoms with E-state index in [2.05, 4.69) is 29.5 Å². The number of hydrogen-bond acceptors (Lipinski definition) is 4. The summed E-state index contributed by atoms with van der Waals surface area (Å²) in [5.41, 5.74) is 1.79. The van der Waals surface area contributed by atoms with Crippen molar-refractivity contribution in [3.63, 3.8) is 0 Å². The molecular weight excluding hydrogens is 510 g/mol. The van der Waals surface area contributed by atoms with Crippen LogP contribution in [0.25, 0.3) is 10.9 Å². The van der Waals surface area contributed by atoms with E-state index in [1.54, 1.807) is 11.1 Å². The van der Waals surface area contributed by atoms with E-state index in [4.69, 9.17) is 0 Å². The Morgan fingerprint density at radius 2 is 1.77 bits per heavy atom. The first-order chi connectivity index (χ1) is 19.1. The maximum absolute atomic E-state index is 13.7. The topological polar surface area (TPSA) is 135 Å². The van der Waals surface area contributed by atoms with Crippen molar-refractivity contribution in [2.24, 2.45) is 5.92 Å². The van der Waals surface area contributed by atoms with Crippen LogP contribution < -0.4 is 10.6 Å². The number of amides is 4. The van der Waals surface area contributed by atoms with E-state index >= 15 is 0 Å². The van der Waals surface area contributed by atoms with Crippen LogP contribution in [0.2, 0.25) is 0 Å². The van der Waals surface area contributed by atoms with Gasteiger partial charge in [-0.05, 0) is 36.8 Å². The van der Waals surface area contributed by atoms with Crippen molar-refractivity contribution in [2.75, 3.05) is 19.6 Å². The van der Waals surface area contributed by atoms with Gasteiger partial charge in [0.1, 0.15) is 12.1 Å². The van der Waals surface area contributed by atoms with Crippen LogP contribution in [0.5, 0.6) is 0 Å². The molecule has 1 aliphatic heterocycles. The molecule has 1 fully saturated rings. The third kappa shape index (κ3) is 8.22. The van der Waals surface area contributed by atoms with Crippen LogP contribution in [0.3, 0.4) is 0 Å². The van der Waals surface area contributed by atoms with Crippen LogP contribution in [0, 0.1) is 5.92 Å². The summed E-state index contributed by atoms with van der Waals surface area (Å²) in [5, 5.41) is 16.7. The second-order valence-electron chi connectivity index (χ2n) is 11.2. The van der Waals surface area contributed by atoms with Gasteiger partial charge in [-0.1, -0.05) is 58.7 Å². The number of aromatic nitrogens is 1. The number of aromatic amines is 1. The van der Waals surface area contributed by atoms with Crippen molar-refractivity contribution < 1.29 is 24.3 Å². The largest absolute Gasteiger partial charge is 0.480 e. The first kappa shape index (κ1) is 31.0. The lowest BCUT2D eigenvalue weighted by Gasteiger charge is -2.30. The van der Waals surface area contributed by atoms with E-state index in [1.807, 2.05) is 38.1 Å². The Labute approximate surface area is 236 Å². The molecule has 3 rings (SSSR count). The molecule has 1 aromatic carbocycles. The number of fused-ring (bicyclic) bond motifs is 1. The third-order valence-corrected chi connectivity index (χ3v) is 7.41. The number of H-pyrrole nitrogens is 1. The summed E-state index contributed by atoms with van der Waals surface area (Å²) in [6.45, 7) is 9.35. The van der Waals surface area contributed by atoms with Gasteiger partial charge in [-0.2, -0.15) is 0 Å². The Morgan fingerprint density at radius 3 is 2.40 bits per heavy atom. The Kier molecular flexibility index (Phi) is 11.4. The fourth-order valence-electron chi connectivity index (χ4n) is 5.29. The number of hydrogen-bond donors (Lipinski definition) is 4. The number of carboxylic acid groups (broad SMARTS) is 1. The summed E-state index contributed by atoms with van der Waals surface area (Å²) in [4.78, 5) is 58.2. The summed E-state index contributed by atoms with van der Waals surface area (Å²) >= 11 is 0. The highest BCUT2D eigenvalue weighted by Gasteiger charge is 2.43. The standard InChI is InChI=1S/C30H45N5O5/c1-5-7-13-34(14-8-6-2)30(40)33-25(15-20(3)4)28(37)35-19-22(17-26(35)29(38)39)32-27(36)16-21-18-31-24-12-10-9-11-23(21)24/h9-12,18,20,22,25-26,31H,5-8,13-17,19H2,1-4H3,(H,32,36)(H,33,40)(H,38,39)/t22-,25?,26+/m1/s1. The van der Waals surface area contributed by atoms with Crippen LogP contribution in [-0.2, 0) is 20.8 Å². The van der Waals surface area contributed by atoms with Crippen molar-refractivity contribution in [3.05, 3.63) is 36.0 Å². The van der Waals surface area contributed by atoms with Crippen molar-refractivity contribution in [3.8, 4) is 0 Å². The molecule has 0 bridgehead atoms. The summed E-state index contributed by atoms with van der Waals surface area (Å²) < 4.78 is 0. The fourth-order valence-corrected chi connectivity index (χ4v) is 5.29. The monoisotopic (exact) mass is 555 g/mol. The molecule has 0 aliphatic carbocycles. The summed E-state index contributed by atoms with van der Waals surface area (Å²) in [5.74, 6) is -1.67. The Hall–Kier alpha value is -3.56. The molecule has 40 heavy (non-hydrogen) atoms. The highest BCUT2D eigenvalue weighted by Crippen LogP contribution is 2.23. The van der Waals surface area contributed by atoms with Gasteiger partial charge in [-0.25, -0.2) is 9.59 Å². The molecule has 0 radical (unpaired) electrons.